The predicted octanol–water partition coefficient (Wildman–Crippen LogP) is 3.34. The van der Waals surface area contributed by atoms with Crippen molar-refractivity contribution in [1.29, 1.82) is 0 Å². The lowest BCUT2D eigenvalue weighted by molar-refractivity contribution is -0.384. The summed E-state index contributed by atoms with van der Waals surface area (Å²) in [6.45, 7) is 0. The number of hydrogen-bond donors (Lipinski definition) is 1. The Morgan fingerprint density at radius 1 is 1.32 bits per heavy atom. The molecule has 1 N–H and O–H groups in total. The molecule has 1 saturated heterocycles. The van der Waals surface area contributed by atoms with Crippen molar-refractivity contribution < 1.29 is 14.1 Å². The van der Waals surface area contributed by atoms with Crippen molar-refractivity contribution in [3.8, 4) is 11.3 Å². The lowest BCUT2D eigenvalue weighted by Crippen LogP contribution is -2.17. The Kier molecular flexibility index (Phi) is 3.78. The molecule has 1 aromatic carbocycles. The van der Waals surface area contributed by atoms with Crippen molar-refractivity contribution in [2.45, 2.75) is 0 Å². The number of furan rings is 1. The Morgan fingerprint density at radius 3 is 2.82 bits per heavy atom. The minimum absolute atomic E-state index is 0.00937. The second kappa shape index (κ2) is 5.74. The molecule has 0 unspecified atom stereocenters. The molecule has 2 aromatic rings. The summed E-state index contributed by atoms with van der Waals surface area (Å²) in [6, 6.07) is 9.54. The van der Waals surface area contributed by atoms with E-state index in [1.54, 1.807) is 30.3 Å². The SMILES string of the molecule is O=C1NC(=S)S/C1=C/c1ccc(-c2cccc([N+](=O)[O-])c2)o1. The second-order valence-electron chi connectivity index (χ2n) is 4.36. The van der Waals surface area contributed by atoms with E-state index >= 15 is 0 Å². The highest BCUT2D eigenvalue weighted by Gasteiger charge is 2.22. The molecule has 1 aliphatic heterocycles. The molecule has 0 atom stereocenters. The van der Waals surface area contributed by atoms with Gasteiger partial charge in [0.15, 0.2) is 0 Å². The fourth-order valence-electron chi connectivity index (χ4n) is 1.91. The summed E-state index contributed by atoms with van der Waals surface area (Å²) in [7, 11) is 0. The molecular formula is C14H8N2O4S2. The number of nitro groups is 1. The van der Waals surface area contributed by atoms with Crippen molar-refractivity contribution >= 4 is 46.0 Å². The van der Waals surface area contributed by atoms with Crippen LogP contribution >= 0.6 is 24.0 Å². The Bertz CT molecular complexity index is 826. The average Bonchev–Trinajstić information content (AvgIpc) is 3.06. The van der Waals surface area contributed by atoms with Crippen molar-refractivity contribution in [2.24, 2.45) is 0 Å². The van der Waals surface area contributed by atoms with Crippen LogP contribution in [0.3, 0.4) is 0 Å². The highest BCUT2D eigenvalue weighted by atomic mass is 32.2. The summed E-state index contributed by atoms with van der Waals surface area (Å²) in [5.41, 5.74) is 0.586. The van der Waals surface area contributed by atoms with Gasteiger partial charge in [0, 0.05) is 23.8 Å². The fourth-order valence-corrected chi connectivity index (χ4v) is 2.93. The van der Waals surface area contributed by atoms with Crippen LogP contribution in [0.1, 0.15) is 5.76 Å². The largest absolute Gasteiger partial charge is 0.457 e. The van der Waals surface area contributed by atoms with Crippen molar-refractivity contribution in [1.82, 2.24) is 5.32 Å². The van der Waals surface area contributed by atoms with E-state index in [1.807, 2.05) is 0 Å². The number of carbonyl (C=O) groups excluding carboxylic acids is 1. The fraction of sp³-hybridized carbons (Fsp3) is 0. The van der Waals surface area contributed by atoms with Gasteiger partial charge >= 0.3 is 0 Å². The third-order valence-electron chi connectivity index (χ3n) is 2.88. The van der Waals surface area contributed by atoms with Crippen LogP contribution in [0, 0.1) is 10.1 Å². The maximum Gasteiger partial charge on any atom is 0.270 e. The Morgan fingerprint density at radius 2 is 2.14 bits per heavy atom. The average molecular weight is 332 g/mol. The van der Waals surface area contributed by atoms with E-state index in [4.69, 9.17) is 16.6 Å². The number of benzene rings is 1. The molecule has 3 rings (SSSR count). The monoisotopic (exact) mass is 332 g/mol. The molecule has 0 spiro atoms. The Balaban J connectivity index is 1.90. The number of nitrogens with one attached hydrogen (secondary N) is 1. The second-order valence-corrected chi connectivity index (χ2v) is 6.08. The number of nitro benzene ring substituents is 1. The number of thioether (sulfide) groups is 1. The lowest BCUT2D eigenvalue weighted by Gasteiger charge is -1.97. The zero-order valence-electron chi connectivity index (χ0n) is 10.9. The van der Waals surface area contributed by atoms with E-state index in [0.717, 1.165) is 11.8 Å². The van der Waals surface area contributed by atoms with Crippen LogP contribution in [-0.2, 0) is 4.79 Å². The summed E-state index contributed by atoms with van der Waals surface area (Å²) in [4.78, 5) is 22.4. The number of thiocarbonyl (C=S) groups is 1. The Hall–Kier alpha value is -2.45. The van der Waals surface area contributed by atoms with Gasteiger partial charge in [-0.05, 0) is 12.1 Å². The third-order valence-corrected chi connectivity index (χ3v) is 4.05. The minimum atomic E-state index is -0.463. The summed E-state index contributed by atoms with van der Waals surface area (Å²) in [5.74, 6) is 0.702. The highest BCUT2D eigenvalue weighted by molar-refractivity contribution is 8.26. The first-order valence-corrected chi connectivity index (χ1v) is 7.35. The standard InChI is InChI=1S/C14H8N2O4S2/c17-13-12(22-14(21)15-13)7-10-4-5-11(20-10)8-2-1-3-9(6-8)16(18)19/h1-7H,(H,15,17,21)/b12-7+. The number of rotatable bonds is 3. The molecule has 1 amide bonds. The topological polar surface area (TPSA) is 85.4 Å². The van der Waals surface area contributed by atoms with Crippen LogP contribution in [0.5, 0.6) is 0 Å². The first kappa shape index (κ1) is 14.5. The normalized spacial score (nSPS) is 16.1. The van der Waals surface area contributed by atoms with Crippen LogP contribution in [0.2, 0.25) is 0 Å². The van der Waals surface area contributed by atoms with Gasteiger partial charge in [-0.1, -0.05) is 36.1 Å². The van der Waals surface area contributed by atoms with Crippen LogP contribution in [0.25, 0.3) is 17.4 Å². The quantitative estimate of drug-likeness (QED) is 0.401. The molecule has 0 aliphatic carbocycles. The highest BCUT2D eigenvalue weighted by Crippen LogP contribution is 2.29. The molecule has 6 nitrogen and oxygen atoms in total. The van der Waals surface area contributed by atoms with E-state index in [-0.39, 0.29) is 11.6 Å². The number of non-ortho nitro benzene ring substituents is 1. The first-order chi connectivity index (χ1) is 10.5. The summed E-state index contributed by atoms with van der Waals surface area (Å²) in [6.07, 6.45) is 1.58. The molecule has 0 radical (unpaired) electrons. The van der Waals surface area contributed by atoms with Gasteiger partial charge in [0.05, 0.1) is 9.83 Å². The van der Waals surface area contributed by atoms with Crippen LogP contribution in [0.4, 0.5) is 5.69 Å². The molecule has 0 bridgehead atoms. The Labute approximate surface area is 134 Å². The molecule has 1 aliphatic rings. The number of carbonyl (C=O) groups is 1. The van der Waals surface area contributed by atoms with Gasteiger partial charge in [0.25, 0.3) is 11.6 Å². The van der Waals surface area contributed by atoms with E-state index in [0.29, 0.717) is 26.3 Å². The van der Waals surface area contributed by atoms with Crippen molar-refractivity contribution in [3.05, 3.63) is 57.2 Å². The predicted molar refractivity (Wildman–Crippen MR) is 87.1 cm³/mol. The number of amides is 1. The van der Waals surface area contributed by atoms with Gasteiger partial charge in [0.2, 0.25) is 0 Å². The van der Waals surface area contributed by atoms with Crippen LogP contribution in [0.15, 0.2) is 45.7 Å². The molecule has 110 valence electrons. The van der Waals surface area contributed by atoms with Crippen molar-refractivity contribution in [3.63, 3.8) is 0 Å². The van der Waals surface area contributed by atoms with Gasteiger partial charge in [-0.25, -0.2) is 0 Å². The lowest BCUT2D eigenvalue weighted by atomic mass is 10.1. The molecule has 2 heterocycles. The number of hydrogen-bond acceptors (Lipinski definition) is 6. The summed E-state index contributed by atoms with van der Waals surface area (Å²) < 4.78 is 6.02. The van der Waals surface area contributed by atoms with E-state index in [1.165, 1.54) is 12.1 Å². The molecule has 1 aromatic heterocycles. The van der Waals surface area contributed by atoms with E-state index in [9.17, 15) is 14.9 Å². The molecular weight excluding hydrogens is 324 g/mol. The van der Waals surface area contributed by atoms with Crippen molar-refractivity contribution in [2.75, 3.05) is 0 Å². The van der Waals surface area contributed by atoms with Gasteiger partial charge in [-0.15, -0.1) is 0 Å². The summed E-state index contributed by atoms with van der Waals surface area (Å²) in [5, 5.41) is 13.3. The molecule has 8 heteroatoms. The summed E-state index contributed by atoms with van der Waals surface area (Å²) >= 11 is 6.07. The maximum atomic E-state index is 11.6. The van der Waals surface area contributed by atoms with E-state index in [2.05, 4.69) is 5.32 Å². The van der Waals surface area contributed by atoms with Gasteiger partial charge in [-0.3, -0.25) is 14.9 Å². The van der Waals surface area contributed by atoms with E-state index < -0.39 is 4.92 Å². The number of nitrogens with zero attached hydrogens (tertiary/aromatic N) is 1. The third kappa shape index (κ3) is 2.92. The zero-order valence-corrected chi connectivity index (χ0v) is 12.6. The zero-order chi connectivity index (χ0) is 15.7. The smallest absolute Gasteiger partial charge is 0.270 e. The maximum absolute atomic E-state index is 11.6. The minimum Gasteiger partial charge on any atom is -0.457 e. The van der Waals surface area contributed by atoms with Crippen LogP contribution < -0.4 is 5.32 Å². The van der Waals surface area contributed by atoms with Gasteiger partial charge in [0.1, 0.15) is 15.8 Å². The molecule has 0 saturated carbocycles. The van der Waals surface area contributed by atoms with Crippen LogP contribution in [-0.4, -0.2) is 15.2 Å². The van der Waals surface area contributed by atoms with Gasteiger partial charge in [-0.2, -0.15) is 0 Å². The molecule has 1 fully saturated rings. The molecule has 22 heavy (non-hydrogen) atoms. The van der Waals surface area contributed by atoms with Gasteiger partial charge < -0.3 is 9.73 Å². The first-order valence-electron chi connectivity index (χ1n) is 6.12.